The quantitative estimate of drug-likeness (QED) is 0.341. The van der Waals surface area contributed by atoms with Crippen LogP contribution in [0.2, 0.25) is 0 Å². The number of carboxylic acid groups (broad SMARTS) is 1. The molecule has 1 amide bonds. The Labute approximate surface area is 189 Å². The predicted molar refractivity (Wildman–Crippen MR) is 124 cm³/mol. The van der Waals surface area contributed by atoms with E-state index in [4.69, 9.17) is 14.3 Å². The molecule has 0 atom stereocenters. The number of carbonyl (C=O) groups is 2. The van der Waals surface area contributed by atoms with Crippen LogP contribution in [0.4, 0.5) is 10.7 Å². The highest BCUT2D eigenvalue weighted by Gasteiger charge is 2.14. The third kappa shape index (κ3) is 5.44. The summed E-state index contributed by atoms with van der Waals surface area (Å²) in [6.07, 6.45) is 1.60. The van der Waals surface area contributed by atoms with Crippen LogP contribution >= 0.6 is 11.3 Å². The molecule has 2 aromatic heterocycles. The second-order valence-corrected chi connectivity index (χ2v) is 8.24. The zero-order chi connectivity index (χ0) is 22.3. The van der Waals surface area contributed by atoms with Crippen molar-refractivity contribution in [2.75, 3.05) is 11.9 Å². The zero-order valence-electron chi connectivity index (χ0n) is 17.1. The van der Waals surface area contributed by atoms with Crippen molar-refractivity contribution < 1.29 is 23.8 Å². The van der Waals surface area contributed by atoms with E-state index in [1.807, 2.05) is 66.7 Å². The Hall–Kier alpha value is -3.84. The number of amides is 1. The third-order valence-corrected chi connectivity index (χ3v) is 5.95. The molecule has 0 saturated heterocycles. The van der Waals surface area contributed by atoms with E-state index in [9.17, 15) is 9.59 Å². The molecule has 7 heteroatoms. The van der Waals surface area contributed by atoms with Crippen LogP contribution in [0.5, 0.6) is 0 Å². The number of anilines is 1. The molecule has 0 spiro atoms. The summed E-state index contributed by atoms with van der Waals surface area (Å²) in [5.41, 5.74) is 3.72. The number of nitrogens with one attached hydrogen (secondary N) is 1. The normalized spacial score (nSPS) is 10.6. The molecule has 32 heavy (non-hydrogen) atoms. The van der Waals surface area contributed by atoms with Crippen LogP contribution in [0, 0.1) is 0 Å². The number of carbonyl (C=O) groups excluding carboxylic acids is 1. The van der Waals surface area contributed by atoms with Gasteiger partial charge in [-0.25, -0.2) is 4.79 Å². The smallest absolute Gasteiger partial charge is 0.414 e. The topological polar surface area (TPSA) is 88.8 Å². The first-order chi connectivity index (χ1) is 15.6. The van der Waals surface area contributed by atoms with Crippen molar-refractivity contribution in [3.8, 4) is 21.6 Å². The summed E-state index contributed by atoms with van der Waals surface area (Å²) in [4.78, 5) is 24.9. The first-order valence-corrected chi connectivity index (χ1v) is 10.9. The Morgan fingerprint density at radius 2 is 1.69 bits per heavy atom. The van der Waals surface area contributed by atoms with Gasteiger partial charge in [0.15, 0.2) is 0 Å². The van der Waals surface area contributed by atoms with Crippen LogP contribution in [0.3, 0.4) is 0 Å². The molecule has 4 rings (SSSR count). The van der Waals surface area contributed by atoms with E-state index in [2.05, 4.69) is 5.32 Å². The third-order valence-electron chi connectivity index (χ3n) is 4.82. The molecule has 0 bridgehead atoms. The van der Waals surface area contributed by atoms with Gasteiger partial charge in [-0.15, -0.1) is 11.3 Å². The molecule has 6 nitrogen and oxygen atoms in total. The van der Waals surface area contributed by atoms with Gasteiger partial charge in [0.25, 0.3) is 0 Å². The Morgan fingerprint density at radius 1 is 0.938 bits per heavy atom. The van der Waals surface area contributed by atoms with Gasteiger partial charge in [0.1, 0.15) is 0 Å². The fourth-order valence-corrected chi connectivity index (χ4v) is 4.26. The standard InChI is InChI=1S/C25H21NO5S/c27-23(28)16-20-10-11-22(32-20)19-8-6-18(7-9-19)21-13-15-30-24(21)26-25(29)31-14-12-17-4-2-1-3-5-17/h1-11,13,15H,12,14,16H2,(H,26,29)(H,27,28). The molecule has 0 aliphatic heterocycles. The monoisotopic (exact) mass is 447 g/mol. The van der Waals surface area contributed by atoms with Crippen molar-refractivity contribution >= 4 is 29.3 Å². The van der Waals surface area contributed by atoms with E-state index in [1.54, 1.807) is 6.07 Å². The molecule has 4 aromatic rings. The van der Waals surface area contributed by atoms with Crippen LogP contribution in [0.25, 0.3) is 21.6 Å². The first kappa shape index (κ1) is 21.4. The fraction of sp³-hybridized carbons (Fsp3) is 0.120. The number of hydrogen-bond acceptors (Lipinski definition) is 5. The number of aliphatic carboxylic acids is 1. The van der Waals surface area contributed by atoms with Gasteiger partial charge < -0.3 is 14.3 Å². The van der Waals surface area contributed by atoms with Gasteiger partial charge in [0.2, 0.25) is 5.88 Å². The maximum Gasteiger partial charge on any atom is 0.414 e. The van der Waals surface area contributed by atoms with Crippen molar-refractivity contribution in [1.29, 1.82) is 0 Å². The molecule has 162 valence electrons. The fourth-order valence-electron chi connectivity index (χ4n) is 3.26. The van der Waals surface area contributed by atoms with E-state index < -0.39 is 12.1 Å². The SMILES string of the molecule is O=C(O)Cc1ccc(-c2ccc(-c3ccoc3NC(=O)OCCc3ccccc3)cc2)s1. The van der Waals surface area contributed by atoms with Crippen LogP contribution in [-0.4, -0.2) is 23.8 Å². The van der Waals surface area contributed by atoms with Gasteiger partial charge >= 0.3 is 12.1 Å². The number of ether oxygens (including phenoxy) is 1. The van der Waals surface area contributed by atoms with Crippen molar-refractivity contribution in [3.05, 3.63) is 89.5 Å². The number of carboxylic acids is 1. The molecule has 0 radical (unpaired) electrons. The van der Waals surface area contributed by atoms with Gasteiger partial charge in [0, 0.05) is 21.7 Å². The number of furan rings is 1. The second-order valence-electron chi connectivity index (χ2n) is 7.07. The molecular weight excluding hydrogens is 426 g/mol. The Balaban J connectivity index is 1.38. The van der Waals surface area contributed by atoms with Gasteiger partial charge in [0.05, 0.1) is 19.3 Å². The molecule has 2 N–H and O–H groups in total. The number of thiophene rings is 1. The Kier molecular flexibility index (Phi) is 6.67. The van der Waals surface area contributed by atoms with Crippen LogP contribution in [-0.2, 0) is 22.4 Å². The van der Waals surface area contributed by atoms with E-state index in [0.717, 1.165) is 32.0 Å². The van der Waals surface area contributed by atoms with Gasteiger partial charge in [-0.05, 0) is 34.9 Å². The summed E-state index contributed by atoms with van der Waals surface area (Å²) in [7, 11) is 0. The maximum absolute atomic E-state index is 12.2. The molecule has 2 heterocycles. The minimum absolute atomic E-state index is 0.0221. The van der Waals surface area contributed by atoms with E-state index in [0.29, 0.717) is 12.3 Å². The lowest BCUT2D eigenvalue weighted by Gasteiger charge is -2.08. The minimum Gasteiger partial charge on any atom is -0.481 e. The molecule has 0 aliphatic rings. The van der Waals surface area contributed by atoms with Crippen LogP contribution in [0.1, 0.15) is 10.4 Å². The highest BCUT2D eigenvalue weighted by atomic mass is 32.1. The summed E-state index contributed by atoms with van der Waals surface area (Å²) in [6.45, 7) is 0.269. The zero-order valence-corrected chi connectivity index (χ0v) is 17.9. The van der Waals surface area contributed by atoms with Crippen molar-refractivity contribution in [1.82, 2.24) is 0 Å². The summed E-state index contributed by atoms with van der Waals surface area (Å²) >= 11 is 1.46. The highest BCUT2D eigenvalue weighted by Crippen LogP contribution is 2.33. The minimum atomic E-state index is -0.840. The lowest BCUT2D eigenvalue weighted by atomic mass is 10.1. The van der Waals surface area contributed by atoms with Crippen LogP contribution < -0.4 is 5.32 Å². The number of hydrogen-bond donors (Lipinski definition) is 2. The van der Waals surface area contributed by atoms with Crippen molar-refractivity contribution in [2.45, 2.75) is 12.8 Å². The van der Waals surface area contributed by atoms with E-state index in [-0.39, 0.29) is 13.0 Å². The van der Waals surface area contributed by atoms with Gasteiger partial charge in [-0.1, -0.05) is 54.6 Å². The van der Waals surface area contributed by atoms with Gasteiger partial charge in [-0.2, -0.15) is 0 Å². The van der Waals surface area contributed by atoms with Crippen molar-refractivity contribution in [2.24, 2.45) is 0 Å². The number of rotatable bonds is 8. The first-order valence-electron chi connectivity index (χ1n) is 10.0. The highest BCUT2D eigenvalue weighted by molar-refractivity contribution is 7.15. The average molecular weight is 448 g/mol. The van der Waals surface area contributed by atoms with Crippen LogP contribution in [0.15, 0.2) is 83.5 Å². The molecule has 0 fully saturated rings. The summed E-state index contributed by atoms with van der Waals surface area (Å²) in [5, 5.41) is 11.6. The van der Waals surface area contributed by atoms with Gasteiger partial charge in [-0.3, -0.25) is 10.1 Å². The molecule has 0 aliphatic carbocycles. The lowest BCUT2D eigenvalue weighted by Crippen LogP contribution is -2.15. The van der Waals surface area contributed by atoms with E-state index >= 15 is 0 Å². The molecule has 0 saturated carbocycles. The predicted octanol–water partition coefficient (Wildman–Crippen LogP) is 6.09. The van der Waals surface area contributed by atoms with Crippen molar-refractivity contribution in [3.63, 3.8) is 0 Å². The van der Waals surface area contributed by atoms with E-state index in [1.165, 1.54) is 17.6 Å². The Morgan fingerprint density at radius 3 is 2.44 bits per heavy atom. The summed E-state index contributed by atoms with van der Waals surface area (Å²) < 4.78 is 10.7. The second kappa shape index (κ2) is 9.98. The maximum atomic E-state index is 12.2. The lowest BCUT2D eigenvalue weighted by molar-refractivity contribution is -0.136. The molecule has 2 aromatic carbocycles. The Bertz CT molecular complexity index is 1190. The average Bonchev–Trinajstić information content (AvgIpc) is 3.44. The largest absolute Gasteiger partial charge is 0.481 e. The molecule has 0 unspecified atom stereocenters. The summed E-state index contributed by atoms with van der Waals surface area (Å²) in [6, 6.07) is 23.1. The number of benzene rings is 2. The molecular formula is C25H21NO5S. The summed E-state index contributed by atoms with van der Waals surface area (Å²) in [5.74, 6) is -0.519.